The molecule has 7 nitrogen and oxygen atoms in total. The molecule has 1 aromatic heterocycles. The van der Waals surface area contributed by atoms with Gasteiger partial charge in [-0.3, -0.25) is 4.79 Å². The second-order valence-electron chi connectivity index (χ2n) is 5.98. The molecule has 1 amide bonds. The Kier molecular flexibility index (Phi) is 6.78. The second kappa shape index (κ2) is 9.48. The topological polar surface area (TPSA) is 78.3 Å². The molecular formula is C20H21BrN4O3. The van der Waals surface area contributed by atoms with E-state index in [4.69, 9.17) is 9.47 Å². The molecule has 3 aromatic rings. The van der Waals surface area contributed by atoms with Crippen molar-refractivity contribution in [3.63, 3.8) is 0 Å². The Morgan fingerprint density at radius 2 is 1.82 bits per heavy atom. The number of halogens is 1. The number of amides is 1. The van der Waals surface area contributed by atoms with Crippen LogP contribution < -0.4 is 10.1 Å². The van der Waals surface area contributed by atoms with Crippen molar-refractivity contribution >= 4 is 21.8 Å². The average molecular weight is 445 g/mol. The molecule has 1 heterocycles. The summed E-state index contributed by atoms with van der Waals surface area (Å²) in [5.41, 5.74) is 1.63. The summed E-state index contributed by atoms with van der Waals surface area (Å²) in [6.07, 6.45) is 0.723. The van der Waals surface area contributed by atoms with Crippen LogP contribution in [0.5, 0.6) is 5.75 Å². The van der Waals surface area contributed by atoms with Gasteiger partial charge in [0.2, 0.25) is 5.82 Å². The molecule has 0 radical (unpaired) electrons. The van der Waals surface area contributed by atoms with Crippen molar-refractivity contribution in [2.45, 2.75) is 6.42 Å². The highest BCUT2D eigenvalue weighted by molar-refractivity contribution is 9.10. The van der Waals surface area contributed by atoms with Crippen molar-refractivity contribution in [1.29, 1.82) is 0 Å². The highest BCUT2D eigenvalue weighted by Crippen LogP contribution is 2.24. The molecule has 3 rings (SSSR count). The molecule has 0 saturated heterocycles. The highest BCUT2D eigenvalue weighted by Gasteiger charge is 2.18. The first-order valence-electron chi connectivity index (χ1n) is 8.77. The number of carbonyl (C=O) groups is 1. The summed E-state index contributed by atoms with van der Waals surface area (Å²) in [6.45, 7) is 1.08. The van der Waals surface area contributed by atoms with E-state index in [9.17, 15) is 4.79 Å². The lowest BCUT2D eigenvalue weighted by Gasteiger charge is -2.07. The number of carbonyl (C=O) groups excluding carboxylic acids is 1. The van der Waals surface area contributed by atoms with Gasteiger partial charge >= 0.3 is 0 Å². The Bertz CT molecular complexity index is 924. The molecule has 0 aliphatic carbocycles. The summed E-state index contributed by atoms with van der Waals surface area (Å²) >= 11 is 3.44. The molecule has 0 bridgehead atoms. The summed E-state index contributed by atoms with van der Waals surface area (Å²) < 4.78 is 12.8. The SMILES string of the molecule is COCCCNC(=O)c1nc(-c2ccc(Br)cc2)n(-c2ccc(OC)cc2)n1. The third-order valence-corrected chi connectivity index (χ3v) is 4.57. The Morgan fingerprint density at radius 1 is 1.11 bits per heavy atom. The van der Waals surface area contributed by atoms with Gasteiger partial charge in [-0.05, 0) is 42.8 Å². The molecule has 0 unspecified atom stereocenters. The fourth-order valence-electron chi connectivity index (χ4n) is 2.60. The predicted octanol–water partition coefficient (Wildman–Crippen LogP) is 3.47. The standard InChI is InChI=1S/C20H21BrN4O3/c1-27-13-3-12-22-20(26)18-23-19(14-4-6-15(21)7-5-14)25(24-18)16-8-10-17(28-2)11-9-16/h4-11H,3,12-13H2,1-2H3,(H,22,26). The summed E-state index contributed by atoms with van der Waals surface area (Å²) in [6, 6.07) is 15.1. The number of aromatic nitrogens is 3. The lowest BCUT2D eigenvalue weighted by molar-refractivity contribution is 0.0938. The number of benzene rings is 2. The number of methoxy groups -OCH3 is 2. The van der Waals surface area contributed by atoms with Crippen molar-refractivity contribution in [3.8, 4) is 22.8 Å². The number of hydrogen-bond donors (Lipinski definition) is 1. The first-order chi connectivity index (χ1) is 13.6. The van der Waals surface area contributed by atoms with Crippen LogP contribution in [-0.2, 0) is 4.74 Å². The second-order valence-corrected chi connectivity index (χ2v) is 6.89. The number of rotatable bonds is 8. The Morgan fingerprint density at radius 3 is 2.46 bits per heavy atom. The maximum Gasteiger partial charge on any atom is 0.290 e. The first kappa shape index (κ1) is 20.0. The van der Waals surface area contributed by atoms with Gasteiger partial charge < -0.3 is 14.8 Å². The zero-order valence-electron chi connectivity index (χ0n) is 15.7. The smallest absolute Gasteiger partial charge is 0.290 e. The maximum atomic E-state index is 12.5. The van der Waals surface area contributed by atoms with Crippen molar-refractivity contribution in [3.05, 3.63) is 58.8 Å². The molecule has 0 aliphatic rings. The van der Waals surface area contributed by atoms with Crippen molar-refractivity contribution in [2.24, 2.45) is 0 Å². The van der Waals surface area contributed by atoms with Gasteiger partial charge in [-0.25, -0.2) is 9.67 Å². The summed E-state index contributed by atoms with van der Waals surface area (Å²) in [4.78, 5) is 17.0. The number of nitrogens with zero attached hydrogens (tertiary/aromatic N) is 3. The van der Waals surface area contributed by atoms with Gasteiger partial charge in [0, 0.05) is 30.3 Å². The summed E-state index contributed by atoms with van der Waals surface area (Å²) in [5, 5.41) is 7.26. The molecule has 146 valence electrons. The van der Waals surface area contributed by atoms with Crippen LogP contribution in [0, 0.1) is 0 Å². The zero-order chi connectivity index (χ0) is 19.9. The molecule has 0 fully saturated rings. The van der Waals surface area contributed by atoms with Crippen LogP contribution in [0.25, 0.3) is 17.1 Å². The number of ether oxygens (including phenoxy) is 2. The van der Waals surface area contributed by atoms with Crippen molar-refractivity contribution in [1.82, 2.24) is 20.1 Å². The predicted molar refractivity (Wildman–Crippen MR) is 110 cm³/mol. The minimum Gasteiger partial charge on any atom is -0.497 e. The fraction of sp³-hybridized carbons (Fsp3) is 0.250. The van der Waals surface area contributed by atoms with Crippen LogP contribution in [0.15, 0.2) is 53.0 Å². The van der Waals surface area contributed by atoms with Gasteiger partial charge in [0.25, 0.3) is 5.91 Å². The Balaban J connectivity index is 1.94. The third-order valence-electron chi connectivity index (χ3n) is 4.04. The van der Waals surface area contributed by atoms with Gasteiger partial charge in [-0.2, -0.15) is 0 Å². The van der Waals surface area contributed by atoms with Crippen LogP contribution in [0.4, 0.5) is 0 Å². The minimum atomic E-state index is -0.318. The Hall–Kier alpha value is -2.71. The van der Waals surface area contributed by atoms with Gasteiger partial charge in [-0.15, -0.1) is 5.10 Å². The monoisotopic (exact) mass is 444 g/mol. The number of nitrogens with one attached hydrogen (secondary N) is 1. The lowest BCUT2D eigenvalue weighted by Crippen LogP contribution is -2.26. The fourth-order valence-corrected chi connectivity index (χ4v) is 2.86. The van der Waals surface area contributed by atoms with E-state index >= 15 is 0 Å². The quantitative estimate of drug-likeness (QED) is 0.538. The van der Waals surface area contributed by atoms with Crippen LogP contribution >= 0.6 is 15.9 Å². The van der Waals surface area contributed by atoms with Crippen LogP contribution in [-0.4, -0.2) is 48.0 Å². The van der Waals surface area contributed by atoms with Gasteiger partial charge in [-0.1, -0.05) is 28.1 Å². The minimum absolute atomic E-state index is 0.117. The van der Waals surface area contributed by atoms with Gasteiger partial charge in [0.15, 0.2) is 5.82 Å². The zero-order valence-corrected chi connectivity index (χ0v) is 17.3. The van der Waals surface area contributed by atoms with Gasteiger partial charge in [0.05, 0.1) is 12.8 Å². The molecule has 0 aliphatic heterocycles. The molecule has 0 atom stereocenters. The van der Waals surface area contributed by atoms with Crippen molar-refractivity contribution < 1.29 is 14.3 Å². The Labute approximate surface area is 171 Å². The molecule has 2 aromatic carbocycles. The lowest BCUT2D eigenvalue weighted by atomic mass is 10.2. The van der Waals surface area contributed by atoms with Crippen LogP contribution in [0.3, 0.4) is 0 Å². The molecule has 0 saturated carbocycles. The van der Waals surface area contributed by atoms with Crippen molar-refractivity contribution in [2.75, 3.05) is 27.4 Å². The summed E-state index contributed by atoms with van der Waals surface area (Å²) in [7, 11) is 3.24. The molecular weight excluding hydrogens is 424 g/mol. The van der Waals surface area contributed by atoms with E-state index in [1.54, 1.807) is 18.9 Å². The van der Waals surface area contributed by atoms with E-state index in [2.05, 4.69) is 31.3 Å². The van der Waals surface area contributed by atoms with Gasteiger partial charge in [0.1, 0.15) is 5.75 Å². The first-order valence-corrected chi connectivity index (χ1v) is 9.56. The van der Waals surface area contributed by atoms with E-state index in [1.165, 1.54) is 0 Å². The van der Waals surface area contributed by atoms with E-state index in [0.29, 0.717) is 19.0 Å². The highest BCUT2D eigenvalue weighted by atomic mass is 79.9. The van der Waals surface area contributed by atoms with Crippen LogP contribution in [0.2, 0.25) is 0 Å². The van der Waals surface area contributed by atoms with E-state index in [-0.39, 0.29) is 11.7 Å². The van der Waals surface area contributed by atoms with E-state index in [0.717, 1.165) is 27.9 Å². The average Bonchev–Trinajstić information content (AvgIpc) is 3.17. The molecule has 0 spiro atoms. The molecule has 8 heteroatoms. The van der Waals surface area contributed by atoms with Crippen LogP contribution in [0.1, 0.15) is 17.0 Å². The number of hydrogen-bond acceptors (Lipinski definition) is 5. The maximum absolute atomic E-state index is 12.5. The largest absolute Gasteiger partial charge is 0.497 e. The molecule has 28 heavy (non-hydrogen) atoms. The molecule has 1 N–H and O–H groups in total. The van der Waals surface area contributed by atoms with E-state index in [1.807, 2.05) is 48.5 Å². The normalized spacial score (nSPS) is 10.7. The summed E-state index contributed by atoms with van der Waals surface area (Å²) in [5.74, 6) is 1.12. The van der Waals surface area contributed by atoms with E-state index < -0.39 is 0 Å². The third kappa shape index (κ3) is 4.76.